The van der Waals surface area contributed by atoms with Crippen LogP contribution in [0.5, 0.6) is 5.75 Å². The highest BCUT2D eigenvalue weighted by Crippen LogP contribution is 2.26. The van der Waals surface area contributed by atoms with Crippen molar-refractivity contribution in [3.05, 3.63) is 29.8 Å². The van der Waals surface area contributed by atoms with Gasteiger partial charge in [0.2, 0.25) is 0 Å². The van der Waals surface area contributed by atoms with Gasteiger partial charge < -0.3 is 15.2 Å². The summed E-state index contributed by atoms with van der Waals surface area (Å²) in [7, 11) is 1.61. The second-order valence-electron chi connectivity index (χ2n) is 4.56. The van der Waals surface area contributed by atoms with E-state index in [-0.39, 0.29) is 6.42 Å². The minimum Gasteiger partial charge on any atom is -0.497 e. The van der Waals surface area contributed by atoms with E-state index in [9.17, 15) is 4.79 Å². The van der Waals surface area contributed by atoms with Crippen LogP contribution >= 0.6 is 0 Å². The Kier molecular flexibility index (Phi) is 5.16. The number of aliphatic carboxylic acids is 1. The molecular formula is C14H21NO3. The van der Waals surface area contributed by atoms with E-state index in [4.69, 9.17) is 9.84 Å². The molecule has 0 aliphatic carbocycles. The predicted molar refractivity (Wildman–Crippen MR) is 70.9 cm³/mol. The molecule has 18 heavy (non-hydrogen) atoms. The molecule has 1 rings (SSSR count). The van der Waals surface area contributed by atoms with Crippen LogP contribution in [0.3, 0.4) is 0 Å². The Morgan fingerprint density at radius 1 is 1.39 bits per heavy atom. The van der Waals surface area contributed by atoms with Gasteiger partial charge in [0.1, 0.15) is 5.75 Å². The molecule has 0 heterocycles. The number of rotatable bonds is 7. The number of methoxy groups -OCH3 is 1. The molecule has 0 spiro atoms. The zero-order valence-electron chi connectivity index (χ0n) is 11.2. The maximum Gasteiger partial charge on any atom is 0.305 e. The molecule has 100 valence electrons. The van der Waals surface area contributed by atoms with E-state index >= 15 is 0 Å². The molecule has 4 heteroatoms. The van der Waals surface area contributed by atoms with Crippen LogP contribution in [-0.2, 0) is 10.3 Å². The van der Waals surface area contributed by atoms with Crippen LogP contribution in [0.2, 0.25) is 0 Å². The van der Waals surface area contributed by atoms with E-state index in [0.29, 0.717) is 0 Å². The third-order valence-electron chi connectivity index (χ3n) is 3.00. The van der Waals surface area contributed by atoms with Gasteiger partial charge in [0.25, 0.3) is 0 Å². The van der Waals surface area contributed by atoms with Crippen molar-refractivity contribution in [1.82, 2.24) is 5.32 Å². The number of benzene rings is 1. The summed E-state index contributed by atoms with van der Waals surface area (Å²) >= 11 is 0. The number of carbonyl (C=O) groups is 1. The Labute approximate surface area is 108 Å². The van der Waals surface area contributed by atoms with Gasteiger partial charge in [-0.2, -0.15) is 0 Å². The molecule has 0 saturated heterocycles. The number of carboxylic acid groups (broad SMARTS) is 1. The molecule has 4 nitrogen and oxygen atoms in total. The van der Waals surface area contributed by atoms with Crippen LogP contribution in [0.25, 0.3) is 0 Å². The summed E-state index contributed by atoms with van der Waals surface area (Å²) in [6, 6.07) is 7.51. The first-order valence-electron chi connectivity index (χ1n) is 6.13. The lowest BCUT2D eigenvalue weighted by atomic mass is 9.88. The monoisotopic (exact) mass is 251 g/mol. The SMILES string of the molecule is CCCNC(C)(CC(=O)O)c1ccc(OC)cc1. The Balaban J connectivity index is 2.95. The molecular weight excluding hydrogens is 230 g/mol. The lowest BCUT2D eigenvalue weighted by molar-refractivity contribution is -0.138. The molecule has 0 saturated carbocycles. The smallest absolute Gasteiger partial charge is 0.305 e. The molecule has 1 unspecified atom stereocenters. The zero-order chi connectivity index (χ0) is 13.6. The highest BCUT2D eigenvalue weighted by Gasteiger charge is 2.28. The van der Waals surface area contributed by atoms with Crippen molar-refractivity contribution < 1.29 is 14.6 Å². The maximum atomic E-state index is 11.0. The first-order valence-corrected chi connectivity index (χ1v) is 6.13. The normalized spacial score (nSPS) is 13.9. The van der Waals surface area contributed by atoms with Crippen LogP contribution < -0.4 is 10.1 Å². The van der Waals surface area contributed by atoms with E-state index in [1.165, 1.54) is 0 Å². The van der Waals surface area contributed by atoms with Crippen LogP contribution in [0.4, 0.5) is 0 Å². The fourth-order valence-electron chi connectivity index (χ4n) is 1.93. The third kappa shape index (κ3) is 3.74. The van der Waals surface area contributed by atoms with Crippen molar-refractivity contribution in [2.24, 2.45) is 0 Å². The van der Waals surface area contributed by atoms with Crippen molar-refractivity contribution in [2.45, 2.75) is 32.2 Å². The van der Waals surface area contributed by atoms with Gasteiger partial charge >= 0.3 is 5.97 Å². The summed E-state index contributed by atoms with van der Waals surface area (Å²) in [5.74, 6) is -0.0381. The molecule has 1 atom stereocenters. The molecule has 1 aromatic carbocycles. The van der Waals surface area contributed by atoms with E-state index < -0.39 is 11.5 Å². The Morgan fingerprint density at radius 2 is 2.00 bits per heavy atom. The Hall–Kier alpha value is -1.55. The van der Waals surface area contributed by atoms with Gasteiger partial charge in [-0.3, -0.25) is 4.79 Å². The van der Waals surface area contributed by atoms with E-state index in [1.54, 1.807) is 7.11 Å². The Bertz CT molecular complexity index is 389. The molecule has 0 aliphatic rings. The van der Waals surface area contributed by atoms with Gasteiger partial charge in [0, 0.05) is 0 Å². The van der Waals surface area contributed by atoms with Crippen LogP contribution in [0.15, 0.2) is 24.3 Å². The van der Waals surface area contributed by atoms with Crippen molar-refractivity contribution in [3.63, 3.8) is 0 Å². The van der Waals surface area contributed by atoms with Crippen LogP contribution in [-0.4, -0.2) is 24.7 Å². The minimum atomic E-state index is -0.808. The highest BCUT2D eigenvalue weighted by molar-refractivity contribution is 5.68. The van der Waals surface area contributed by atoms with Gasteiger partial charge in [-0.15, -0.1) is 0 Å². The maximum absolute atomic E-state index is 11.0. The summed E-state index contributed by atoms with van der Waals surface area (Å²) < 4.78 is 5.11. The summed E-state index contributed by atoms with van der Waals surface area (Å²) in [5, 5.41) is 12.4. The number of nitrogens with one attached hydrogen (secondary N) is 1. The minimum absolute atomic E-state index is 0.0549. The van der Waals surface area contributed by atoms with Crippen LogP contribution in [0, 0.1) is 0 Å². The van der Waals surface area contributed by atoms with Gasteiger partial charge in [-0.05, 0) is 37.6 Å². The number of hydrogen-bond acceptors (Lipinski definition) is 3. The molecule has 0 aromatic heterocycles. The Morgan fingerprint density at radius 3 is 2.44 bits per heavy atom. The molecule has 0 radical (unpaired) electrons. The number of hydrogen-bond donors (Lipinski definition) is 2. The van der Waals surface area contributed by atoms with E-state index in [2.05, 4.69) is 12.2 Å². The van der Waals surface area contributed by atoms with E-state index in [0.717, 1.165) is 24.3 Å². The standard InChI is InChI=1S/C14H21NO3/c1-4-9-15-14(2,10-13(16)17)11-5-7-12(18-3)8-6-11/h5-8,15H,4,9-10H2,1-3H3,(H,16,17). The quantitative estimate of drug-likeness (QED) is 0.781. The zero-order valence-corrected chi connectivity index (χ0v) is 11.2. The summed E-state index contributed by atoms with van der Waals surface area (Å²) in [6.45, 7) is 4.76. The molecule has 2 N–H and O–H groups in total. The molecule has 0 fully saturated rings. The fourth-order valence-corrected chi connectivity index (χ4v) is 1.93. The fraction of sp³-hybridized carbons (Fsp3) is 0.500. The number of ether oxygens (including phenoxy) is 1. The number of carboxylic acids is 1. The molecule has 0 bridgehead atoms. The first-order chi connectivity index (χ1) is 8.51. The van der Waals surface area contributed by atoms with Gasteiger partial charge in [0.05, 0.1) is 19.1 Å². The predicted octanol–water partition coefficient (Wildman–Crippen LogP) is 2.38. The van der Waals surface area contributed by atoms with Crippen molar-refractivity contribution >= 4 is 5.97 Å². The van der Waals surface area contributed by atoms with Gasteiger partial charge in [-0.1, -0.05) is 19.1 Å². The second kappa shape index (κ2) is 6.40. The molecule has 0 aliphatic heterocycles. The summed E-state index contributed by atoms with van der Waals surface area (Å²) in [5.41, 5.74) is 0.410. The van der Waals surface area contributed by atoms with Crippen molar-refractivity contribution in [1.29, 1.82) is 0 Å². The molecule has 1 aromatic rings. The lowest BCUT2D eigenvalue weighted by Crippen LogP contribution is -2.41. The van der Waals surface area contributed by atoms with Crippen molar-refractivity contribution in [3.8, 4) is 5.75 Å². The van der Waals surface area contributed by atoms with E-state index in [1.807, 2.05) is 31.2 Å². The van der Waals surface area contributed by atoms with Crippen LogP contribution in [0.1, 0.15) is 32.3 Å². The first kappa shape index (κ1) is 14.5. The average molecular weight is 251 g/mol. The van der Waals surface area contributed by atoms with Gasteiger partial charge in [-0.25, -0.2) is 0 Å². The summed E-state index contributed by atoms with van der Waals surface area (Å²) in [4.78, 5) is 11.0. The summed E-state index contributed by atoms with van der Waals surface area (Å²) in [6.07, 6.45) is 1.02. The van der Waals surface area contributed by atoms with Crippen molar-refractivity contribution in [2.75, 3.05) is 13.7 Å². The lowest BCUT2D eigenvalue weighted by Gasteiger charge is -2.30. The topological polar surface area (TPSA) is 58.6 Å². The largest absolute Gasteiger partial charge is 0.497 e. The van der Waals surface area contributed by atoms with Gasteiger partial charge in [0.15, 0.2) is 0 Å². The highest BCUT2D eigenvalue weighted by atomic mass is 16.5. The average Bonchev–Trinajstić information content (AvgIpc) is 2.35. The third-order valence-corrected chi connectivity index (χ3v) is 3.00. The molecule has 0 amide bonds. The second-order valence-corrected chi connectivity index (χ2v) is 4.56.